The summed E-state index contributed by atoms with van der Waals surface area (Å²) in [7, 11) is 0. The monoisotopic (exact) mass is 224 g/mol. The molecule has 1 aliphatic rings. The second-order valence-corrected chi connectivity index (χ2v) is 5.51. The number of thiazole rings is 1. The van der Waals surface area contributed by atoms with Crippen LogP contribution in [0, 0.1) is 5.92 Å². The molecular formula is C12H20N2S. The van der Waals surface area contributed by atoms with Crippen LogP contribution in [0.5, 0.6) is 0 Å². The minimum atomic E-state index is 0.660. The summed E-state index contributed by atoms with van der Waals surface area (Å²) in [6.45, 7) is 3.32. The van der Waals surface area contributed by atoms with Crippen molar-refractivity contribution >= 4 is 11.3 Å². The van der Waals surface area contributed by atoms with Crippen LogP contribution >= 0.6 is 11.3 Å². The van der Waals surface area contributed by atoms with Crippen molar-refractivity contribution < 1.29 is 0 Å². The third-order valence-electron chi connectivity index (χ3n) is 3.44. The summed E-state index contributed by atoms with van der Waals surface area (Å²) in [5.74, 6) is 0.895. The molecule has 1 aliphatic carbocycles. The first-order chi connectivity index (χ1) is 7.36. The van der Waals surface area contributed by atoms with Crippen molar-refractivity contribution in [2.24, 2.45) is 5.92 Å². The van der Waals surface area contributed by atoms with Gasteiger partial charge in [0.2, 0.25) is 0 Å². The largest absolute Gasteiger partial charge is 0.309 e. The number of hydrogen-bond donors (Lipinski definition) is 1. The molecule has 1 unspecified atom stereocenters. The summed E-state index contributed by atoms with van der Waals surface area (Å²) in [6.07, 6.45) is 9.09. The molecular weight excluding hydrogens is 204 g/mol. The maximum absolute atomic E-state index is 4.09. The van der Waals surface area contributed by atoms with Crippen molar-refractivity contribution in [1.82, 2.24) is 10.3 Å². The first-order valence-electron chi connectivity index (χ1n) is 5.97. The fourth-order valence-electron chi connectivity index (χ4n) is 2.39. The van der Waals surface area contributed by atoms with E-state index >= 15 is 0 Å². The third kappa shape index (κ3) is 3.28. The molecule has 1 aromatic rings. The Balaban J connectivity index is 1.74. The van der Waals surface area contributed by atoms with Gasteiger partial charge in [0.1, 0.15) is 0 Å². The van der Waals surface area contributed by atoms with E-state index in [1.807, 2.05) is 11.7 Å². The number of rotatable bonds is 4. The molecule has 0 amide bonds. The van der Waals surface area contributed by atoms with Gasteiger partial charge in [-0.15, -0.1) is 11.3 Å². The van der Waals surface area contributed by atoms with Crippen LogP contribution in [0.15, 0.2) is 11.7 Å². The summed E-state index contributed by atoms with van der Waals surface area (Å²) in [6, 6.07) is 0.660. The summed E-state index contributed by atoms with van der Waals surface area (Å²) >= 11 is 1.74. The van der Waals surface area contributed by atoms with Gasteiger partial charge >= 0.3 is 0 Å². The maximum atomic E-state index is 4.09. The molecule has 1 saturated carbocycles. The van der Waals surface area contributed by atoms with E-state index < -0.39 is 0 Å². The van der Waals surface area contributed by atoms with Gasteiger partial charge < -0.3 is 5.32 Å². The standard InChI is InChI=1S/C12H20N2S/c1-10(11-5-3-2-4-6-11)14-8-12-7-13-9-15-12/h7,9-11,14H,2-6,8H2,1H3. The van der Waals surface area contributed by atoms with Crippen molar-refractivity contribution in [3.05, 3.63) is 16.6 Å². The highest BCUT2D eigenvalue weighted by Gasteiger charge is 2.19. The normalized spacial score (nSPS) is 20.3. The molecule has 2 rings (SSSR count). The summed E-state index contributed by atoms with van der Waals surface area (Å²) in [5.41, 5.74) is 1.91. The van der Waals surface area contributed by atoms with E-state index in [1.165, 1.54) is 37.0 Å². The minimum absolute atomic E-state index is 0.660. The molecule has 2 nitrogen and oxygen atoms in total. The molecule has 15 heavy (non-hydrogen) atoms. The van der Waals surface area contributed by atoms with E-state index in [9.17, 15) is 0 Å². The van der Waals surface area contributed by atoms with Gasteiger partial charge in [-0.3, -0.25) is 4.98 Å². The zero-order valence-electron chi connectivity index (χ0n) is 9.41. The average Bonchev–Trinajstić information content (AvgIpc) is 2.80. The van der Waals surface area contributed by atoms with Crippen molar-refractivity contribution in [3.63, 3.8) is 0 Å². The van der Waals surface area contributed by atoms with Gasteiger partial charge in [-0.2, -0.15) is 0 Å². The fraction of sp³-hybridized carbons (Fsp3) is 0.750. The topological polar surface area (TPSA) is 24.9 Å². The Hall–Kier alpha value is -0.410. The van der Waals surface area contributed by atoms with Crippen molar-refractivity contribution in [2.45, 2.75) is 51.6 Å². The molecule has 1 fully saturated rings. The molecule has 0 bridgehead atoms. The van der Waals surface area contributed by atoms with E-state index in [-0.39, 0.29) is 0 Å². The highest BCUT2D eigenvalue weighted by atomic mass is 32.1. The molecule has 0 saturated heterocycles. The molecule has 3 heteroatoms. The third-order valence-corrected chi connectivity index (χ3v) is 4.22. The lowest BCUT2D eigenvalue weighted by molar-refractivity contribution is 0.281. The lowest BCUT2D eigenvalue weighted by Crippen LogP contribution is -2.33. The predicted octanol–water partition coefficient (Wildman–Crippen LogP) is 3.20. The van der Waals surface area contributed by atoms with Gasteiger partial charge in [-0.25, -0.2) is 0 Å². The van der Waals surface area contributed by atoms with E-state index in [4.69, 9.17) is 0 Å². The molecule has 84 valence electrons. The number of aromatic nitrogens is 1. The zero-order chi connectivity index (χ0) is 10.5. The van der Waals surface area contributed by atoms with Gasteiger partial charge in [-0.1, -0.05) is 19.3 Å². The van der Waals surface area contributed by atoms with Crippen LogP contribution in [0.1, 0.15) is 43.9 Å². The van der Waals surface area contributed by atoms with E-state index in [0.29, 0.717) is 6.04 Å². The van der Waals surface area contributed by atoms with Crippen LogP contribution in [0.4, 0.5) is 0 Å². The summed E-state index contributed by atoms with van der Waals surface area (Å²) < 4.78 is 0. The lowest BCUT2D eigenvalue weighted by atomic mass is 9.84. The molecule has 1 atom stereocenters. The zero-order valence-corrected chi connectivity index (χ0v) is 10.2. The summed E-state index contributed by atoms with van der Waals surface area (Å²) in [5, 5.41) is 3.63. The van der Waals surface area contributed by atoms with Crippen LogP contribution in [0.25, 0.3) is 0 Å². The molecule has 1 heterocycles. The van der Waals surface area contributed by atoms with Crippen molar-refractivity contribution in [2.75, 3.05) is 0 Å². The molecule has 1 N–H and O–H groups in total. The molecule has 0 spiro atoms. The number of hydrogen-bond acceptors (Lipinski definition) is 3. The Kier molecular flexibility index (Phi) is 4.15. The number of nitrogens with one attached hydrogen (secondary N) is 1. The Bertz CT molecular complexity index is 265. The predicted molar refractivity (Wildman–Crippen MR) is 65.0 cm³/mol. The second-order valence-electron chi connectivity index (χ2n) is 4.54. The molecule has 1 aromatic heterocycles. The van der Waals surface area contributed by atoms with Crippen LogP contribution in [-0.4, -0.2) is 11.0 Å². The average molecular weight is 224 g/mol. The second kappa shape index (κ2) is 5.61. The van der Waals surface area contributed by atoms with Gasteiger partial charge in [-0.05, 0) is 25.7 Å². The first kappa shape index (κ1) is 11.1. The smallest absolute Gasteiger partial charge is 0.0794 e. The Morgan fingerprint density at radius 1 is 1.47 bits per heavy atom. The van der Waals surface area contributed by atoms with E-state index in [1.54, 1.807) is 11.3 Å². The molecule has 0 aliphatic heterocycles. The van der Waals surface area contributed by atoms with Crippen LogP contribution in [0.3, 0.4) is 0 Å². The Morgan fingerprint density at radius 3 is 2.93 bits per heavy atom. The quantitative estimate of drug-likeness (QED) is 0.849. The van der Waals surface area contributed by atoms with E-state index in [0.717, 1.165) is 12.5 Å². The Morgan fingerprint density at radius 2 is 2.27 bits per heavy atom. The van der Waals surface area contributed by atoms with Gasteiger partial charge in [0.25, 0.3) is 0 Å². The Labute approximate surface area is 96.1 Å². The summed E-state index contributed by atoms with van der Waals surface area (Å²) in [4.78, 5) is 5.44. The number of nitrogens with zero attached hydrogens (tertiary/aromatic N) is 1. The van der Waals surface area contributed by atoms with Crippen molar-refractivity contribution in [3.8, 4) is 0 Å². The maximum Gasteiger partial charge on any atom is 0.0794 e. The highest BCUT2D eigenvalue weighted by Crippen LogP contribution is 2.26. The molecule has 0 radical (unpaired) electrons. The van der Waals surface area contributed by atoms with Gasteiger partial charge in [0, 0.05) is 23.7 Å². The van der Waals surface area contributed by atoms with Crippen LogP contribution < -0.4 is 5.32 Å². The SMILES string of the molecule is CC(NCc1cncs1)C1CCCCC1. The van der Waals surface area contributed by atoms with Gasteiger partial charge in [0.15, 0.2) is 0 Å². The lowest BCUT2D eigenvalue weighted by Gasteiger charge is -2.28. The van der Waals surface area contributed by atoms with E-state index in [2.05, 4.69) is 17.2 Å². The van der Waals surface area contributed by atoms with Crippen LogP contribution in [0.2, 0.25) is 0 Å². The van der Waals surface area contributed by atoms with Crippen LogP contribution in [-0.2, 0) is 6.54 Å². The highest BCUT2D eigenvalue weighted by molar-refractivity contribution is 7.09. The first-order valence-corrected chi connectivity index (χ1v) is 6.85. The van der Waals surface area contributed by atoms with Crippen molar-refractivity contribution in [1.29, 1.82) is 0 Å². The van der Waals surface area contributed by atoms with Gasteiger partial charge in [0.05, 0.1) is 5.51 Å². The molecule has 0 aromatic carbocycles. The fourth-order valence-corrected chi connectivity index (χ4v) is 2.94. The minimum Gasteiger partial charge on any atom is -0.309 e.